The average Bonchev–Trinajstić information content (AvgIpc) is 3.46. The third kappa shape index (κ3) is 6.29. The minimum Gasteiger partial charge on any atom is -0.491 e. The van der Waals surface area contributed by atoms with Gasteiger partial charge in [0.15, 0.2) is 5.75 Å². The van der Waals surface area contributed by atoms with Gasteiger partial charge < -0.3 is 23.4 Å². The summed E-state index contributed by atoms with van der Waals surface area (Å²) in [6.45, 7) is 5.83. The quantitative estimate of drug-likeness (QED) is 0.183. The van der Waals surface area contributed by atoms with Crippen LogP contribution in [0.4, 0.5) is 4.11 Å². The first kappa shape index (κ1) is 30.6. The molecule has 5 atom stereocenters. The lowest BCUT2D eigenvalue weighted by molar-refractivity contribution is -0.0242. The third-order valence-corrected chi connectivity index (χ3v) is 10.8. The van der Waals surface area contributed by atoms with E-state index in [1.807, 2.05) is 61.7 Å². The van der Waals surface area contributed by atoms with Crippen LogP contribution in [0.1, 0.15) is 42.2 Å². The molecular formula is C32H39FN4O5Si. The predicted octanol–water partition coefficient (Wildman–Crippen LogP) is 5.28. The maximum atomic E-state index is 16.0. The van der Waals surface area contributed by atoms with E-state index in [9.17, 15) is 9.90 Å². The summed E-state index contributed by atoms with van der Waals surface area (Å²) < 4.78 is 37.0. The summed E-state index contributed by atoms with van der Waals surface area (Å²) in [4.78, 5) is 12.9. The fourth-order valence-corrected chi connectivity index (χ4v) is 8.12. The Morgan fingerprint density at radius 3 is 2.56 bits per heavy atom. The molecule has 3 heterocycles. The zero-order valence-electron chi connectivity index (χ0n) is 25.2. The summed E-state index contributed by atoms with van der Waals surface area (Å²) in [5, 5.41) is 18.7. The fourth-order valence-electron chi connectivity index (χ4n) is 6.15. The number of hydrogen-bond acceptors (Lipinski definition) is 7. The van der Waals surface area contributed by atoms with E-state index in [1.54, 1.807) is 43.2 Å². The van der Waals surface area contributed by atoms with Gasteiger partial charge in [0.25, 0.3) is 5.56 Å². The number of aryl methyl sites for hydroxylation is 1. The van der Waals surface area contributed by atoms with Crippen LogP contribution in [-0.4, -0.2) is 60.0 Å². The summed E-state index contributed by atoms with van der Waals surface area (Å²) in [6.07, 6.45) is 3.25. The van der Waals surface area contributed by atoms with E-state index in [-0.39, 0.29) is 41.4 Å². The second-order valence-corrected chi connectivity index (χ2v) is 15.5. The van der Waals surface area contributed by atoms with Crippen molar-refractivity contribution >= 4 is 8.41 Å². The van der Waals surface area contributed by atoms with Crippen molar-refractivity contribution in [2.45, 2.75) is 56.7 Å². The van der Waals surface area contributed by atoms with Crippen molar-refractivity contribution < 1.29 is 23.4 Å². The van der Waals surface area contributed by atoms with Gasteiger partial charge in [-0.2, -0.15) is 0 Å². The Labute approximate surface area is 252 Å². The molecule has 0 saturated carbocycles. The molecule has 0 spiro atoms. The van der Waals surface area contributed by atoms with Crippen LogP contribution in [0.15, 0.2) is 77.9 Å². The minimum atomic E-state index is -3.23. The first-order chi connectivity index (χ1) is 20.7. The first-order valence-electron chi connectivity index (χ1n) is 14.5. The molecule has 0 fully saturated rings. The number of benzene rings is 2. The number of hydrogen-bond donors (Lipinski definition) is 1. The Bertz CT molecular complexity index is 1590. The highest BCUT2D eigenvalue weighted by Crippen LogP contribution is 2.47. The molecule has 0 bridgehead atoms. The Hall–Kier alpha value is -3.80. The van der Waals surface area contributed by atoms with Crippen LogP contribution in [0, 0.1) is 5.92 Å². The molecule has 2 aromatic heterocycles. The second kappa shape index (κ2) is 12.8. The van der Waals surface area contributed by atoms with Crippen LogP contribution in [-0.2, 0) is 11.3 Å². The van der Waals surface area contributed by atoms with Crippen LogP contribution in [0.25, 0.3) is 5.69 Å². The van der Waals surface area contributed by atoms with Crippen molar-refractivity contribution in [1.82, 2.24) is 19.6 Å². The molecule has 1 N–H and O–H groups in total. The highest BCUT2D eigenvalue weighted by molar-refractivity contribution is 6.72. The van der Waals surface area contributed by atoms with Crippen LogP contribution < -0.4 is 15.0 Å². The lowest BCUT2D eigenvalue weighted by atomic mass is 9.86. The SMILES string of the molecule is COc1cccn(-c2ccc3c(c2)[C@H](OC)[C@@H](C)[C@H](C(CCn2cc(C(CO)c4ccccc4)nn2)[Si](C)(C)F)O3)c1=O. The molecule has 0 amide bonds. The van der Waals surface area contributed by atoms with Gasteiger partial charge in [-0.1, -0.05) is 42.5 Å². The molecule has 11 heteroatoms. The van der Waals surface area contributed by atoms with Crippen LogP contribution in [0.2, 0.25) is 18.6 Å². The van der Waals surface area contributed by atoms with Gasteiger partial charge in [0.05, 0.1) is 31.4 Å². The largest absolute Gasteiger partial charge is 0.491 e. The van der Waals surface area contributed by atoms with E-state index < -0.39 is 14.5 Å². The van der Waals surface area contributed by atoms with Crippen molar-refractivity contribution in [2.24, 2.45) is 5.92 Å². The Morgan fingerprint density at radius 2 is 1.88 bits per heavy atom. The number of aromatic nitrogens is 4. The van der Waals surface area contributed by atoms with Gasteiger partial charge in [-0.05, 0) is 55.4 Å². The molecule has 0 saturated heterocycles. The zero-order valence-corrected chi connectivity index (χ0v) is 26.2. The molecule has 1 aliphatic rings. The molecule has 43 heavy (non-hydrogen) atoms. The minimum absolute atomic E-state index is 0.0881. The van der Waals surface area contributed by atoms with Crippen LogP contribution >= 0.6 is 0 Å². The summed E-state index contributed by atoms with van der Waals surface area (Å²) in [5.41, 5.74) is 2.48. The molecule has 0 radical (unpaired) electrons. The number of aliphatic hydroxyl groups excluding tert-OH is 1. The van der Waals surface area contributed by atoms with E-state index in [0.717, 1.165) is 11.1 Å². The fraction of sp³-hybridized carbons (Fsp3) is 0.406. The lowest BCUT2D eigenvalue weighted by Gasteiger charge is -2.43. The van der Waals surface area contributed by atoms with Crippen molar-refractivity contribution in [3.8, 4) is 17.2 Å². The summed E-state index contributed by atoms with van der Waals surface area (Å²) >= 11 is 0. The number of methoxy groups -OCH3 is 2. The van der Waals surface area contributed by atoms with Crippen molar-refractivity contribution in [1.29, 1.82) is 0 Å². The standard InChI is InChI=1S/C32H39FN4O5Si/c1-21-30(41-3)24-18-23(37-16-9-12-28(40-2)32(37)39)13-14-27(24)42-31(21)29(43(4,5)33)15-17-36-19-26(34-35-36)25(20-38)22-10-7-6-8-11-22/h6-14,16,18-19,21,25,29-31,38H,15,17,20H2,1-5H3/t21-,25?,29?,30-,31-/m1/s1. The molecule has 9 nitrogen and oxygen atoms in total. The second-order valence-electron chi connectivity index (χ2n) is 11.6. The molecule has 2 unspecified atom stereocenters. The number of ether oxygens (including phenoxy) is 3. The predicted molar refractivity (Wildman–Crippen MR) is 164 cm³/mol. The van der Waals surface area contributed by atoms with Crippen LogP contribution in [0.3, 0.4) is 0 Å². The highest BCUT2D eigenvalue weighted by Gasteiger charge is 2.47. The van der Waals surface area contributed by atoms with E-state index in [4.69, 9.17) is 14.2 Å². The maximum absolute atomic E-state index is 16.0. The number of pyridine rings is 1. The van der Waals surface area contributed by atoms with Gasteiger partial charge in [-0.3, -0.25) is 14.0 Å². The van der Waals surface area contributed by atoms with Gasteiger partial charge in [-0.25, -0.2) is 0 Å². The first-order valence-corrected chi connectivity index (χ1v) is 17.5. The van der Waals surface area contributed by atoms with Crippen molar-refractivity contribution in [3.63, 3.8) is 0 Å². The molecule has 0 aliphatic carbocycles. The third-order valence-electron chi connectivity index (χ3n) is 8.47. The number of rotatable bonds is 11. The number of aliphatic hydroxyl groups is 1. The maximum Gasteiger partial charge on any atom is 0.297 e. The molecule has 4 aromatic rings. The average molecular weight is 607 g/mol. The highest BCUT2D eigenvalue weighted by atomic mass is 28.4. The Balaban J connectivity index is 1.39. The number of fused-ring (bicyclic) bond motifs is 1. The van der Waals surface area contributed by atoms with Crippen LogP contribution in [0.5, 0.6) is 11.5 Å². The van der Waals surface area contributed by atoms with E-state index >= 15 is 4.11 Å². The number of halogens is 1. The lowest BCUT2D eigenvalue weighted by Crippen LogP contribution is -2.46. The van der Waals surface area contributed by atoms with Gasteiger partial charge >= 0.3 is 0 Å². The van der Waals surface area contributed by atoms with Gasteiger partial charge in [0.1, 0.15) is 11.9 Å². The van der Waals surface area contributed by atoms with Crippen molar-refractivity contribution in [3.05, 3.63) is 100 Å². The molecule has 2 aromatic carbocycles. The van der Waals surface area contributed by atoms with Gasteiger partial charge in [0.2, 0.25) is 8.41 Å². The smallest absolute Gasteiger partial charge is 0.297 e. The molecule has 228 valence electrons. The summed E-state index contributed by atoms with van der Waals surface area (Å²) in [7, 11) is -0.119. The summed E-state index contributed by atoms with van der Waals surface area (Å²) in [5.74, 6) is 0.425. The molecule has 5 rings (SSSR count). The van der Waals surface area contributed by atoms with E-state index in [1.165, 1.54) is 11.7 Å². The Morgan fingerprint density at radius 1 is 1.12 bits per heavy atom. The molecule has 1 aliphatic heterocycles. The van der Waals surface area contributed by atoms with E-state index in [0.29, 0.717) is 30.1 Å². The monoisotopic (exact) mass is 606 g/mol. The van der Waals surface area contributed by atoms with Gasteiger partial charge in [0, 0.05) is 48.8 Å². The number of nitrogens with zero attached hydrogens (tertiary/aromatic N) is 4. The summed E-state index contributed by atoms with van der Waals surface area (Å²) in [6, 6.07) is 18.6. The van der Waals surface area contributed by atoms with Gasteiger partial charge in [-0.15, -0.1) is 5.10 Å². The Kier molecular flexibility index (Phi) is 9.14. The zero-order chi connectivity index (χ0) is 30.7. The normalized spacial score (nSPS) is 19.7. The topological polar surface area (TPSA) is 101 Å². The van der Waals surface area contributed by atoms with Crippen molar-refractivity contribution in [2.75, 3.05) is 20.8 Å². The van der Waals surface area contributed by atoms with E-state index in [2.05, 4.69) is 10.3 Å². The molecular weight excluding hydrogens is 567 g/mol.